The topological polar surface area (TPSA) is 38.3 Å². The van der Waals surface area contributed by atoms with Gasteiger partial charge in [0.15, 0.2) is 0 Å². The number of nitrogens with one attached hydrogen (secondary N) is 1. The number of hydrogen-bond donors (Lipinski definition) is 1. The predicted molar refractivity (Wildman–Crippen MR) is 50.3 cm³/mol. The second-order valence-electron chi connectivity index (χ2n) is 3.16. The van der Waals surface area contributed by atoms with Crippen molar-refractivity contribution < 1.29 is 9.53 Å². The lowest BCUT2D eigenvalue weighted by molar-refractivity contribution is -0.122. The molecule has 1 heterocycles. The summed E-state index contributed by atoms with van der Waals surface area (Å²) in [5, 5.41) is 3.41. The third-order valence-electron chi connectivity index (χ3n) is 1.55. The van der Waals surface area contributed by atoms with Gasteiger partial charge in [-0.2, -0.15) is 0 Å². The molecule has 1 N–H and O–H groups in total. The van der Waals surface area contributed by atoms with Crippen molar-refractivity contribution in [3.05, 3.63) is 0 Å². The summed E-state index contributed by atoms with van der Waals surface area (Å²) in [7, 11) is 0. The van der Waals surface area contributed by atoms with Gasteiger partial charge < -0.3 is 10.1 Å². The molecule has 1 saturated heterocycles. The molecule has 12 heavy (non-hydrogen) atoms. The molecule has 0 radical (unpaired) electrons. The summed E-state index contributed by atoms with van der Waals surface area (Å²) in [6, 6.07) is 0.269. The smallest absolute Gasteiger partial charge is 0.230 e. The molecule has 3 nitrogen and oxygen atoms in total. The van der Waals surface area contributed by atoms with Gasteiger partial charge in [0.25, 0.3) is 0 Å². The molecule has 4 heteroatoms. The Morgan fingerprint density at radius 2 is 2.33 bits per heavy atom. The quantitative estimate of drug-likeness (QED) is 0.705. The number of amides is 1. The van der Waals surface area contributed by atoms with E-state index in [2.05, 4.69) is 19.2 Å². The van der Waals surface area contributed by atoms with Crippen LogP contribution in [0.4, 0.5) is 0 Å². The Kier molecular flexibility index (Phi) is 3.88. The fourth-order valence-electron chi connectivity index (χ4n) is 0.831. The Hall–Kier alpha value is -0.220. The molecule has 0 atom stereocenters. The van der Waals surface area contributed by atoms with Crippen LogP contribution in [0.25, 0.3) is 0 Å². The van der Waals surface area contributed by atoms with Gasteiger partial charge in [-0.05, 0) is 5.25 Å². The van der Waals surface area contributed by atoms with E-state index in [1.54, 1.807) is 11.8 Å². The molecule has 0 saturated carbocycles. The number of carbonyl (C=O) groups excluding carboxylic acids is 1. The summed E-state index contributed by atoms with van der Waals surface area (Å²) in [5.41, 5.74) is 0. The van der Waals surface area contributed by atoms with E-state index in [0.29, 0.717) is 24.2 Å². The fourth-order valence-corrected chi connectivity index (χ4v) is 1.40. The highest BCUT2D eigenvalue weighted by Gasteiger charge is 2.19. The van der Waals surface area contributed by atoms with Gasteiger partial charge in [0.2, 0.25) is 5.91 Å². The zero-order valence-corrected chi connectivity index (χ0v) is 8.32. The predicted octanol–water partition coefficient (Wildman–Crippen LogP) is 0.643. The van der Waals surface area contributed by atoms with Crippen LogP contribution in [0.3, 0.4) is 0 Å². The highest BCUT2D eigenvalue weighted by Crippen LogP contribution is 2.08. The molecule has 1 fully saturated rings. The maximum Gasteiger partial charge on any atom is 0.230 e. The van der Waals surface area contributed by atoms with E-state index in [1.807, 2.05) is 0 Å². The van der Waals surface area contributed by atoms with Gasteiger partial charge in [0.05, 0.1) is 25.0 Å². The second-order valence-corrected chi connectivity index (χ2v) is 4.73. The molecule has 1 amide bonds. The van der Waals surface area contributed by atoms with Gasteiger partial charge in [0, 0.05) is 0 Å². The van der Waals surface area contributed by atoms with Gasteiger partial charge in [-0.1, -0.05) is 13.8 Å². The van der Waals surface area contributed by atoms with Gasteiger partial charge in [0.1, 0.15) is 0 Å². The van der Waals surface area contributed by atoms with Crippen LogP contribution in [0.2, 0.25) is 0 Å². The molecule has 0 aromatic carbocycles. The SMILES string of the molecule is CC(C)SCC(=O)NC1COC1. The summed E-state index contributed by atoms with van der Waals surface area (Å²) in [6.45, 7) is 5.53. The van der Waals surface area contributed by atoms with Crippen LogP contribution in [0.1, 0.15) is 13.8 Å². The Morgan fingerprint density at radius 3 is 2.75 bits per heavy atom. The molecular weight excluding hydrogens is 174 g/mol. The lowest BCUT2D eigenvalue weighted by Crippen LogP contribution is -2.49. The van der Waals surface area contributed by atoms with Crippen molar-refractivity contribution in [1.82, 2.24) is 5.32 Å². The first-order valence-corrected chi connectivity index (χ1v) is 5.22. The highest BCUT2D eigenvalue weighted by atomic mass is 32.2. The summed E-state index contributed by atoms with van der Waals surface area (Å²) in [5.74, 6) is 0.691. The van der Waals surface area contributed by atoms with E-state index in [1.165, 1.54) is 0 Å². The lowest BCUT2D eigenvalue weighted by Gasteiger charge is -2.26. The van der Waals surface area contributed by atoms with Crippen LogP contribution < -0.4 is 5.32 Å². The number of hydrogen-bond acceptors (Lipinski definition) is 3. The summed E-state index contributed by atoms with van der Waals surface area (Å²) in [6.07, 6.45) is 0. The van der Waals surface area contributed by atoms with E-state index in [9.17, 15) is 4.79 Å². The van der Waals surface area contributed by atoms with Gasteiger partial charge in [-0.3, -0.25) is 4.79 Å². The zero-order chi connectivity index (χ0) is 8.97. The normalized spacial score (nSPS) is 17.6. The number of rotatable bonds is 4. The summed E-state index contributed by atoms with van der Waals surface area (Å²) in [4.78, 5) is 11.2. The molecule has 70 valence electrons. The minimum absolute atomic E-state index is 0.127. The maximum atomic E-state index is 11.2. The summed E-state index contributed by atoms with van der Waals surface area (Å²) >= 11 is 1.66. The van der Waals surface area contributed by atoms with Crippen molar-refractivity contribution in [1.29, 1.82) is 0 Å². The summed E-state index contributed by atoms with van der Waals surface area (Å²) < 4.78 is 4.94. The molecule has 0 spiro atoms. The lowest BCUT2D eigenvalue weighted by atomic mass is 10.2. The Labute approximate surface area is 77.2 Å². The molecule has 1 aliphatic heterocycles. The Morgan fingerprint density at radius 1 is 1.67 bits per heavy atom. The Bertz CT molecular complexity index is 157. The van der Waals surface area contributed by atoms with Crippen LogP contribution in [-0.2, 0) is 9.53 Å². The first-order valence-electron chi connectivity index (χ1n) is 4.17. The van der Waals surface area contributed by atoms with Crippen molar-refractivity contribution >= 4 is 17.7 Å². The van der Waals surface area contributed by atoms with Crippen molar-refractivity contribution in [2.75, 3.05) is 19.0 Å². The molecule has 0 unspecified atom stereocenters. The zero-order valence-electron chi connectivity index (χ0n) is 7.50. The van der Waals surface area contributed by atoms with Gasteiger partial charge >= 0.3 is 0 Å². The number of thioether (sulfide) groups is 1. The monoisotopic (exact) mass is 189 g/mol. The van der Waals surface area contributed by atoms with Crippen LogP contribution in [0, 0.1) is 0 Å². The first kappa shape index (κ1) is 9.86. The van der Waals surface area contributed by atoms with Gasteiger partial charge in [-0.25, -0.2) is 0 Å². The molecule has 0 aromatic heterocycles. The van der Waals surface area contributed by atoms with Crippen molar-refractivity contribution in [2.24, 2.45) is 0 Å². The molecular formula is C8H15NO2S. The maximum absolute atomic E-state index is 11.2. The van der Waals surface area contributed by atoms with Crippen LogP contribution in [0.5, 0.6) is 0 Å². The molecule has 0 aliphatic carbocycles. The molecule has 1 aliphatic rings. The van der Waals surface area contributed by atoms with E-state index in [4.69, 9.17) is 4.74 Å². The van der Waals surface area contributed by atoms with Crippen molar-refractivity contribution in [3.8, 4) is 0 Å². The van der Waals surface area contributed by atoms with Crippen molar-refractivity contribution in [2.45, 2.75) is 25.1 Å². The molecule has 0 bridgehead atoms. The van der Waals surface area contributed by atoms with Crippen molar-refractivity contribution in [3.63, 3.8) is 0 Å². The largest absolute Gasteiger partial charge is 0.377 e. The van der Waals surface area contributed by atoms with E-state index >= 15 is 0 Å². The number of ether oxygens (including phenoxy) is 1. The van der Waals surface area contributed by atoms with E-state index in [0.717, 1.165) is 0 Å². The molecule has 0 aromatic rings. The average Bonchev–Trinajstić information content (AvgIpc) is 1.93. The average molecular weight is 189 g/mol. The van der Waals surface area contributed by atoms with E-state index in [-0.39, 0.29) is 11.9 Å². The second kappa shape index (κ2) is 4.72. The minimum atomic E-state index is 0.127. The Balaban J connectivity index is 2.03. The first-order chi connectivity index (χ1) is 5.68. The molecule has 1 rings (SSSR count). The standard InChI is InChI=1S/C8H15NO2S/c1-6(2)12-5-8(10)9-7-3-11-4-7/h6-7H,3-5H2,1-2H3,(H,9,10). The number of carbonyl (C=O) groups is 1. The van der Waals surface area contributed by atoms with Crippen LogP contribution in [-0.4, -0.2) is 36.2 Å². The van der Waals surface area contributed by atoms with E-state index < -0.39 is 0 Å². The minimum Gasteiger partial charge on any atom is -0.377 e. The fraction of sp³-hybridized carbons (Fsp3) is 0.875. The third-order valence-corrected chi connectivity index (χ3v) is 2.65. The van der Waals surface area contributed by atoms with Crippen LogP contribution in [0.15, 0.2) is 0 Å². The van der Waals surface area contributed by atoms with Crippen LogP contribution >= 0.6 is 11.8 Å². The third kappa shape index (κ3) is 3.45. The highest BCUT2D eigenvalue weighted by molar-refractivity contribution is 8.00. The van der Waals surface area contributed by atoms with Gasteiger partial charge in [-0.15, -0.1) is 11.8 Å².